The first kappa shape index (κ1) is 15.4. The first-order valence-electron chi connectivity index (χ1n) is 6.22. The van der Waals surface area contributed by atoms with E-state index >= 15 is 0 Å². The number of aryl methyl sites for hydroxylation is 1. The van der Waals surface area contributed by atoms with Crippen LogP contribution in [-0.4, -0.2) is 44.6 Å². The van der Waals surface area contributed by atoms with Crippen molar-refractivity contribution in [3.05, 3.63) is 11.4 Å². The highest BCUT2D eigenvalue weighted by Crippen LogP contribution is 2.20. The summed E-state index contributed by atoms with van der Waals surface area (Å²) < 4.78 is 50.2. The van der Waals surface area contributed by atoms with Crippen molar-refractivity contribution in [2.75, 3.05) is 11.5 Å². The van der Waals surface area contributed by atoms with Gasteiger partial charge in [-0.25, -0.2) is 21.6 Å². The predicted octanol–water partition coefficient (Wildman–Crippen LogP) is -0.968. The third kappa shape index (κ3) is 3.19. The highest BCUT2D eigenvalue weighted by Gasteiger charge is 2.31. The Hall–Kier alpha value is -0.970. The molecule has 2 heterocycles. The molecule has 0 radical (unpaired) electrons. The van der Waals surface area contributed by atoms with Crippen molar-refractivity contribution in [3.63, 3.8) is 0 Å². The van der Waals surface area contributed by atoms with Gasteiger partial charge >= 0.3 is 0 Å². The number of aromatic amines is 1. The summed E-state index contributed by atoms with van der Waals surface area (Å²) in [7, 11) is -7.00. The lowest BCUT2D eigenvalue weighted by molar-refractivity contribution is 0.516. The summed E-state index contributed by atoms with van der Waals surface area (Å²) in [6.07, 6.45) is 0.969. The summed E-state index contributed by atoms with van der Waals surface area (Å²) in [5.41, 5.74) is 6.10. The van der Waals surface area contributed by atoms with Crippen LogP contribution in [-0.2, 0) is 26.4 Å². The molecule has 2 rings (SSSR count). The number of hydrogen-bond acceptors (Lipinski definition) is 6. The fourth-order valence-electron chi connectivity index (χ4n) is 2.36. The molecule has 0 aliphatic carbocycles. The van der Waals surface area contributed by atoms with Crippen LogP contribution in [0, 0.1) is 6.92 Å². The molecule has 114 valence electrons. The minimum Gasteiger partial charge on any atom is -0.325 e. The van der Waals surface area contributed by atoms with E-state index < -0.39 is 25.9 Å². The van der Waals surface area contributed by atoms with Gasteiger partial charge in [0, 0.05) is 12.6 Å². The van der Waals surface area contributed by atoms with Gasteiger partial charge in [0.25, 0.3) is 0 Å². The van der Waals surface area contributed by atoms with Crippen LogP contribution in [0.1, 0.15) is 24.2 Å². The minimum absolute atomic E-state index is 0.0104. The summed E-state index contributed by atoms with van der Waals surface area (Å²) >= 11 is 0. The molecule has 0 saturated carbocycles. The van der Waals surface area contributed by atoms with E-state index in [4.69, 9.17) is 5.73 Å². The second-order valence-corrected chi connectivity index (χ2v) is 8.78. The molecule has 20 heavy (non-hydrogen) atoms. The van der Waals surface area contributed by atoms with E-state index in [9.17, 15) is 16.8 Å². The average Bonchev–Trinajstić information content (AvgIpc) is 2.69. The minimum atomic E-state index is -3.83. The standard InChI is InChI=1S/C10H18N4O4S2/c1-7-10(9(5-11)13-12-7)20(17,18)14-8-3-2-4-19(15,16)6-8/h8,14H,2-6,11H2,1H3,(H,12,13). The maximum atomic E-state index is 12.4. The Balaban J connectivity index is 2.25. The van der Waals surface area contributed by atoms with Crippen LogP contribution in [0.4, 0.5) is 0 Å². The summed E-state index contributed by atoms with van der Waals surface area (Å²) in [6, 6.07) is -0.598. The van der Waals surface area contributed by atoms with Crippen molar-refractivity contribution < 1.29 is 16.8 Å². The summed E-state index contributed by atoms with van der Waals surface area (Å²) in [5, 5.41) is 6.42. The zero-order valence-corrected chi connectivity index (χ0v) is 12.7. The van der Waals surface area contributed by atoms with E-state index in [-0.39, 0.29) is 28.6 Å². The Bertz CT molecular complexity index is 693. The molecule has 0 spiro atoms. The number of aromatic nitrogens is 2. The topological polar surface area (TPSA) is 135 Å². The van der Waals surface area contributed by atoms with Gasteiger partial charge in [-0.15, -0.1) is 0 Å². The molecule has 1 aromatic heterocycles. The Kier molecular flexibility index (Phi) is 4.19. The second-order valence-electron chi connectivity index (χ2n) is 4.90. The second kappa shape index (κ2) is 5.43. The molecule has 1 fully saturated rings. The molecular formula is C10H18N4O4S2. The fourth-order valence-corrected chi connectivity index (χ4v) is 5.75. The van der Waals surface area contributed by atoms with Crippen LogP contribution in [0.25, 0.3) is 0 Å². The van der Waals surface area contributed by atoms with Crippen LogP contribution in [0.5, 0.6) is 0 Å². The number of hydrogen-bond donors (Lipinski definition) is 3. The molecule has 8 nitrogen and oxygen atoms in total. The van der Waals surface area contributed by atoms with Crippen LogP contribution in [0.3, 0.4) is 0 Å². The van der Waals surface area contributed by atoms with Crippen molar-refractivity contribution in [1.82, 2.24) is 14.9 Å². The van der Waals surface area contributed by atoms with Gasteiger partial charge in [-0.3, -0.25) is 5.10 Å². The van der Waals surface area contributed by atoms with Crippen LogP contribution < -0.4 is 10.5 Å². The highest BCUT2D eigenvalue weighted by molar-refractivity contribution is 7.91. The van der Waals surface area contributed by atoms with Gasteiger partial charge in [0.2, 0.25) is 10.0 Å². The number of nitrogens with zero attached hydrogens (tertiary/aromatic N) is 1. The van der Waals surface area contributed by atoms with E-state index in [1.54, 1.807) is 6.92 Å². The lowest BCUT2D eigenvalue weighted by Gasteiger charge is -2.22. The van der Waals surface area contributed by atoms with Crippen LogP contribution >= 0.6 is 0 Å². The number of nitrogens with two attached hydrogens (primary N) is 1. The lowest BCUT2D eigenvalue weighted by Crippen LogP contribution is -2.43. The van der Waals surface area contributed by atoms with Gasteiger partial charge in [-0.2, -0.15) is 5.10 Å². The van der Waals surface area contributed by atoms with Gasteiger partial charge < -0.3 is 5.73 Å². The molecule has 1 saturated heterocycles. The van der Waals surface area contributed by atoms with Crippen molar-refractivity contribution in [1.29, 1.82) is 0 Å². The van der Waals surface area contributed by atoms with Crippen molar-refractivity contribution in [2.45, 2.75) is 37.2 Å². The molecule has 4 N–H and O–H groups in total. The number of sulfonamides is 1. The Morgan fingerprint density at radius 1 is 1.50 bits per heavy atom. The molecule has 0 bridgehead atoms. The fraction of sp³-hybridized carbons (Fsp3) is 0.700. The number of sulfone groups is 1. The summed E-state index contributed by atoms with van der Waals surface area (Å²) in [5.74, 6) is -0.0505. The lowest BCUT2D eigenvalue weighted by atomic mass is 10.2. The molecule has 1 aliphatic rings. The highest BCUT2D eigenvalue weighted by atomic mass is 32.2. The van der Waals surface area contributed by atoms with Gasteiger partial charge in [-0.05, 0) is 19.8 Å². The first-order chi connectivity index (χ1) is 9.25. The smallest absolute Gasteiger partial charge is 0.244 e. The van der Waals surface area contributed by atoms with Crippen molar-refractivity contribution in [3.8, 4) is 0 Å². The van der Waals surface area contributed by atoms with Crippen molar-refractivity contribution >= 4 is 19.9 Å². The molecule has 1 aliphatic heterocycles. The van der Waals surface area contributed by atoms with Crippen LogP contribution in [0.15, 0.2) is 4.90 Å². The number of nitrogens with one attached hydrogen (secondary N) is 2. The molecule has 1 aromatic rings. The number of rotatable bonds is 4. The molecule has 0 aromatic carbocycles. The Morgan fingerprint density at radius 3 is 2.80 bits per heavy atom. The zero-order valence-electron chi connectivity index (χ0n) is 11.1. The third-order valence-electron chi connectivity index (χ3n) is 3.21. The molecule has 1 atom stereocenters. The van der Waals surface area contributed by atoms with E-state index in [1.807, 2.05) is 0 Å². The maximum Gasteiger partial charge on any atom is 0.244 e. The van der Waals surface area contributed by atoms with Gasteiger partial charge in [0.1, 0.15) is 4.90 Å². The van der Waals surface area contributed by atoms with Gasteiger partial charge in [0.15, 0.2) is 9.84 Å². The van der Waals surface area contributed by atoms with E-state index in [0.29, 0.717) is 18.5 Å². The maximum absolute atomic E-state index is 12.4. The molecular weight excluding hydrogens is 304 g/mol. The normalized spacial score (nSPS) is 22.8. The van der Waals surface area contributed by atoms with Gasteiger partial charge in [0.05, 0.1) is 22.9 Å². The van der Waals surface area contributed by atoms with Crippen LogP contribution in [0.2, 0.25) is 0 Å². The third-order valence-corrected chi connectivity index (χ3v) is 6.75. The quantitative estimate of drug-likeness (QED) is 0.653. The number of H-pyrrole nitrogens is 1. The monoisotopic (exact) mass is 322 g/mol. The molecule has 1 unspecified atom stereocenters. The summed E-state index contributed by atoms with van der Waals surface area (Å²) in [6.45, 7) is 1.57. The SMILES string of the molecule is Cc1[nH]nc(CN)c1S(=O)(=O)NC1CCCS(=O)(=O)C1. The van der Waals surface area contributed by atoms with Gasteiger partial charge in [-0.1, -0.05) is 0 Å². The summed E-state index contributed by atoms with van der Waals surface area (Å²) in [4.78, 5) is 0.0166. The molecule has 0 amide bonds. The average molecular weight is 322 g/mol. The van der Waals surface area contributed by atoms with E-state index in [2.05, 4.69) is 14.9 Å². The molecule has 10 heteroatoms. The Labute approximate surface area is 118 Å². The first-order valence-corrected chi connectivity index (χ1v) is 9.52. The van der Waals surface area contributed by atoms with E-state index in [0.717, 1.165) is 0 Å². The largest absolute Gasteiger partial charge is 0.325 e. The zero-order chi connectivity index (χ0) is 15.0. The Morgan fingerprint density at radius 2 is 2.20 bits per heavy atom. The van der Waals surface area contributed by atoms with Crippen molar-refractivity contribution in [2.24, 2.45) is 5.73 Å². The van der Waals surface area contributed by atoms with E-state index in [1.165, 1.54) is 0 Å². The predicted molar refractivity (Wildman–Crippen MR) is 73.2 cm³/mol.